The number of benzene rings is 2. The summed E-state index contributed by atoms with van der Waals surface area (Å²) in [6.45, 7) is 2.13. The molecule has 0 aliphatic rings. The van der Waals surface area contributed by atoms with Gasteiger partial charge in [-0.3, -0.25) is 10.1 Å². The Labute approximate surface area is 170 Å². The number of anilines is 1. The topological polar surface area (TPSA) is 79.4 Å². The van der Waals surface area contributed by atoms with Gasteiger partial charge in [-0.2, -0.15) is 0 Å². The highest BCUT2D eigenvalue weighted by Crippen LogP contribution is 2.30. The molecule has 3 aromatic rings. The van der Waals surface area contributed by atoms with Crippen LogP contribution in [-0.4, -0.2) is 37.2 Å². The van der Waals surface area contributed by atoms with Crippen LogP contribution in [0.1, 0.15) is 17.3 Å². The van der Waals surface area contributed by atoms with E-state index in [0.717, 1.165) is 0 Å². The Kier molecular flexibility index (Phi) is 5.73. The molecule has 142 valence electrons. The van der Waals surface area contributed by atoms with Gasteiger partial charge in [0.2, 0.25) is 10.0 Å². The third-order valence-electron chi connectivity index (χ3n) is 3.91. The van der Waals surface area contributed by atoms with Crippen molar-refractivity contribution in [2.75, 3.05) is 18.9 Å². The molecule has 1 aromatic heterocycles. The SMILES string of the molecule is CCN(C)S(=O)(=O)c1ccc2nc(NC(=O)c3cc(Cl)ccc3Cl)sc2c1. The van der Waals surface area contributed by atoms with Crippen molar-refractivity contribution in [3.63, 3.8) is 0 Å². The third kappa shape index (κ3) is 4.09. The minimum Gasteiger partial charge on any atom is -0.298 e. The Hall–Kier alpha value is -1.71. The first kappa shape index (κ1) is 20.0. The number of nitrogens with zero attached hydrogens (tertiary/aromatic N) is 2. The number of rotatable bonds is 5. The molecule has 2 aromatic carbocycles. The Balaban J connectivity index is 1.91. The standard InChI is InChI=1S/C17H15Cl2N3O3S2/c1-3-22(2)27(24,25)11-5-7-14-15(9-11)26-17(20-14)21-16(23)12-8-10(18)4-6-13(12)19/h4-9H,3H2,1-2H3,(H,20,21,23). The van der Waals surface area contributed by atoms with Crippen molar-refractivity contribution in [1.82, 2.24) is 9.29 Å². The first-order chi connectivity index (χ1) is 12.7. The summed E-state index contributed by atoms with van der Waals surface area (Å²) in [6.07, 6.45) is 0. The van der Waals surface area contributed by atoms with Gasteiger partial charge in [0.15, 0.2) is 5.13 Å². The molecule has 0 unspecified atom stereocenters. The lowest BCUT2D eigenvalue weighted by atomic mass is 10.2. The average molecular weight is 444 g/mol. The molecule has 6 nitrogen and oxygen atoms in total. The number of hydrogen-bond donors (Lipinski definition) is 1. The van der Waals surface area contributed by atoms with Crippen molar-refractivity contribution in [3.8, 4) is 0 Å². The van der Waals surface area contributed by atoms with E-state index in [4.69, 9.17) is 23.2 Å². The fraction of sp³-hybridized carbons (Fsp3) is 0.176. The van der Waals surface area contributed by atoms with Gasteiger partial charge in [-0.05, 0) is 36.4 Å². The van der Waals surface area contributed by atoms with E-state index in [-0.39, 0.29) is 15.5 Å². The van der Waals surface area contributed by atoms with Crippen LogP contribution in [0.25, 0.3) is 10.2 Å². The Morgan fingerprint density at radius 1 is 1.22 bits per heavy atom. The Morgan fingerprint density at radius 3 is 2.67 bits per heavy atom. The molecule has 0 atom stereocenters. The predicted molar refractivity (Wildman–Crippen MR) is 110 cm³/mol. The zero-order chi connectivity index (χ0) is 19.8. The number of fused-ring (bicyclic) bond motifs is 1. The van der Waals surface area contributed by atoms with E-state index in [1.54, 1.807) is 31.2 Å². The van der Waals surface area contributed by atoms with Gasteiger partial charge in [0.05, 0.1) is 25.7 Å². The number of halogens is 2. The summed E-state index contributed by atoms with van der Waals surface area (Å²) in [5.41, 5.74) is 0.821. The lowest BCUT2D eigenvalue weighted by Gasteiger charge is -2.14. The van der Waals surface area contributed by atoms with Crippen LogP contribution in [-0.2, 0) is 10.0 Å². The molecule has 1 amide bonds. The van der Waals surface area contributed by atoms with E-state index in [1.165, 1.54) is 34.8 Å². The van der Waals surface area contributed by atoms with Gasteiger partial charge in [0.1, 0.15) is 0 Å². The summed E-state index contributed by atoms with van der Waals surface area (Å²) in [5.74, 6) is -0.444. The van der Waals surface area contributed by atoms with Gasteiger partial charge in [-0.25, -0.2) is 17.7 Å². The molecule has 3 rings (SSSR count). The van der Waals surface area contributed by atoms with Gasteiger partial charge in [-0.1, -0.05) is 41.5 Å². The van der Waals surface area contributed by atoms with Crippen molar-refractivity contribution in [1.29, 1.82) is 0 Å². The van der Waals surface area contributed by atoms with Crippen LogP contribution in [0.4, 0.5) is 5.13 Å². The maximum absolute atomic E-state index is 12.5. The van der Waals surface area contributed by atoms with Crippen LogP contribution in [0.3, 0.4) is 0 Å². The fourth-order valence-corrected chi connectivity index (χ4v) is 4.86. The van der Waals surface area contributed by atoms with Crippen molar-refractivity contribution in [2.24, 2.45) is 0 Å². The molecule has 0 aliphatic heterocycles. The monoisotopic (exact) mass is 443 g/mol. The lowest BCUT2D eigenvalue weighted by Crippen LogP contribution is -2.26. The maximum atomic E-state index is 12.5. The number of sulfonamides is 1. The highest BCUT2D eigenvalue weighted by Gasteiger charge is 2.20. The minimum atomic E-state index is -3.55. The van der Waals surface area contributed by atoms with E-state index < -0.39 is 15.9 Å². The molecule has 0 radical (unpaired) electrons. The van der Waals surface area contributed by atoms with Gasteiger partial charge in [-0.15, -0.1) is 0 Å². The number of thiazole rings is 1. The normalized spacial score (nSPS) is 11.9. The number of hydrogen-bond acceptors (Lipinski definition) is 5. The second-order valence-corrected chi connectivity index (χ2v) is 9.57. The molecular weight excluding hydrogens is 429 g/mol. The van der Waals surface area contributed by atoms with Crippen molar-refractivity contribution < 1.29 is 13.2 Å². The number of nitrogens with one attached hydrogen (secondary N) is 1. The molecule has 0 fully saturated rings. The number of carbonyl (C=O) groups is 1. The van der Waals surface area contributed by atoms with Crippen LogP contribution in [0.15, 0.2) is 41.3 Å². The van der Waals surface area contributed by atoms with Gasteiger partial charge in [0.25, 0.3) is 5.91 Å². The van der Waals surface area contributed by atoms with Crippen molar-refractivity contribution in [2.45, 2.75) is 11.8 Å². The summed E-state index contributed by atoms with van der Waals surface area (Å²) < 4.78 is 26.8. The lowest BCUT2D eigenvalue weighted by molar-refractivity contribution is 0.102. The van der Waals surface area contributed by atoms with Crippen molar-refractivity contribution in [3.05, 3.63) is 52.0 Å². The quantitative estimate of drug-likeness (QED) is 0.629. The molecule has 1 heterocycles. The highest BCUT2D eigenvalue weighted by molar-refractivity contribution is 7.89. The van der Waals surface area contributed by atoms with E-state index >= 15 is 0 Å². The zero-order valence-corrected chi connectivity index (χ0v) is 17.5. The second-order valence-electron chi connectivity index (χ2n) is 5.65. The first-order valence-electron chi connectivity index (χ1n) is 7.85. The molecule has 27 heavy (non-hydrogen) atoms. The summed E-state index contributed by atoms with van der Waals surface area (Å²) >= 11 is 13.1. The van der Waals surface area contributed by atoms with Crippen LogP contribution < -0.4 is 5.32 Å². The molecule has 0 saturated heterocycles. The van der Waals surface area contributed by atoms with Gasteiger partial charge >= 0.3 is 0 Å². The van der Waals surface area contributed by atoms with E-state index in [0.29, 0.717) is 26.9 Å². The van der Waals surface area contributed by atoms with Crippen LogP contribution in [0.5, 0.6) is 0 Å². The number of carbonyl (C=O) groups excluding carboxylic acids is 1. The molecule has 0 spiro atoms. The molecule has 0 bridgehead atoms. The second kappa shape index (κ2) is 7.73. The summed E-state index contributed by atoms with van der Waals surface area (Å²) in [6, 6.07) is 9.27. The molecular formula is C17H15Cl2N3O3S2. The van der Waals surface area contributed by atoms with Crippen LogP contribution in [0.2, 0.25) is 10.0 Å². The minimum absolute atomic E-state index is 0.179. The first-order valence-corrected chi connectivity index (χ1v) is 10.9. The van der Waals surface area contributed by atoms with E-state index in [1.807, 2.05) is 0 Å². The predicted octanol–water partition coefficient (Wildman–Crippen LogP) is 4.50. The fourth-order valence-electron chi connectivity index (χ4n) is 2.30. The highest BCUT2D eigenvalue weighted by atomic mass is 35.5. The molecule has 10 heteroatoms. The summed E-state index contributed by atoms with van der Waals surface area (Å²) in [5, 5.41) is 3.68. The maximum Gasteiger partial charge on any atom is 0.259 e. The molecule has 0 aliphatic carbocycles. The molecule has 0 saturated carbocycles. The van der Waals surface area contributed by atoms with Crippen molar-refractivity contribution >= 4 is 65.8 Å². The van der Waals surface area contributed by atoms with Crippen LogP contribution >= 0.6 is 34.5 Å². The number of amides is 1. The summed E-state index contributed by atoms with van der Waals surface area (Å²) in [7, 11) is -2.03. The van der Waals surface area contributed by atoms with Crippen LogP contribution in [0, 0.1) is 0 Å². The Morgan fingerprint density at radius 2 is 1.96 bits per heavy atom. The smallest absolute Gasteiger partial charge is 0.259 e. The molecule has 1 N–H and O–H groups in total. The Bertz CT molecular complexity index is 1130. The zero-order valence-electron chi connectivity index (χ0n) is 14.4. The average Bonchev–Trinajstić information content (AvgIpc) is 3.04. The van der Waals surface area contributed by atoms with E-state index in [2.05, 4.69) is 10.3 Å². The van der Waals surface area contributed by atoms with Gasteiger partial charge < -0.3 is 0 Å². The summed E-state index contributed by atoms with van der Waals surface area (Å²) in [4.78, 5) is 16.9. The largest absolute Gasteiger partial charge is 0.298 e. The van der Waals surface area contributed by atoms with E-state index in [9.17, 15) is 13.2 Å². The third-order valence-corrected chi connectivity index (χ3v) is 7.33. The van der Waals surface area contributed by atoms with Gasteiger partial charge in [0, 0.05) is 18.6 Å². The number of aromatic nitrogens is 1.